The number of carbonyl (C=O) groups excluding carboxylic acids is 1. The summed E-state index contributed by atoms with van der Waals surface area (Å²) in [6.07, 6.45) is 3.33. The minimum absolute atomic E-state index is 0.156. The second-order valence-corrected chi connectivity index (χ2v) is 8.91. The van der Waals surface area contributed by atoms with Crippen molar-refractivity contribution in [1.29, 1.82) is 0 Å². The van der Waals surface area contributed by atoms with E-state index in [1.54, 1.807) is 50.3 Å². The minimum Gasteiger partial charge on any atom is -0.490 e. The van der Waals surface area contributed by atoms with Crippen molar-refractivity contribution >= 4 is 29.4 Å². The van der Waals surface area contributed by atoms with E-state index in [0.29, 0.717) is 44.1 Å². The third kappa shape index (κ3) is 4.92. The summed E-state index contributed by atoms with van der Waals surface area (Å²) in [6, 6.07) is 12.7. The van der Waals surface area contributed by atoms with E-state index in [4.69, 9.17) is 14.6 Å². The van der Waals surface area contributed by atoms with Crippen LogP contribution >= 0.6 is 11.3 Å². The molecule has 0 bridgehead atoms. The number of carbonyl (C=O) groups is 2. The van der Waals surface area contributed by atoms with Crippen molar-refractivity contribution in [3.05, 3.63) is 109 Å². The van der Waals surface area contributed by atoms with Crippen molar-refractivity contribution in [3.8, 4) is 5.75 Å². The largest absolute Gasteiger partial charge is 0.490 e. The van der Waals surface area contributed by atoms with Crippen LogP contribution in [0.5, 0.6) is 5.75 Å². The maximum Gasteiger partial charge on any atom is 0.338 e. The number of rotatable bonds is 8. The summed E-state index contributed by atoms with van der Waals surface area (Å²) in [5.74, 6) is -0.924. The molecule has 2 heterocycles. The van der Waals surface area contributed by atoms with Gasteiger partial charge in [0.05, 0.1) is 34.0 Å². The standard InChI is InChI=1S/C27H24N2O6S/c1-4-14-35-20-12-10-18(11-13-20)23-22(26(33)34-5-2)16(3)28-27-29(23)24(30)21(36-27)15-17-6-8-19(9-7-17)25(31)32/h4,6-13,15,23H,1,5,14H2,2-3H3,(H,31,32)/b21-15-. The van der Waals surface area contributed by atoms with Gasteiger partial charge in [-0.3, -0.25) is 9.36 Å². The van der Waals surface area contributed by atoms with Crippen molar-refractivity contribution < 1.29 is 24.2 Å². The number of carboxylic acid groups (broad SMARTS) is 1. The predicted molar refractivity (Wildman–Crippen MR) is 136 cm³/mol. The SMILES string of the molecule is C=CCOc1ccc(C2C(C(=O)OCC)=C(C)N=c3s/c(=C\c4ccc(C(=O)O)cc4)c(=O)n32)cc1. The highest BCUT2D eigenvalue weighted by atomic mass is 32.1. The zero-order valence-electron chi connectivity index (χ0n) is 19.8. The Balaban J connectivity index is 1.85. The fraction of sp³-hybridized carbons (Fsp3) is 0.185. The van der Waals surface area contributed by atoms with Crippen LogP contribution in [-0.2, 0) is 9.53 Å². The van der Waals surface area contributed by atoms with Crippen molar-refractivity contribution in [2.75, 3.05) is 13.2 Å². The summed E-state index contributed by atoms with van der Waals surface area (Å²) in [5.41, 5.74) is 1.99. The lowest BCUT2D eigenvalue weighted by molar-refractivity contribution is -0.139. The molecule has 0 fully saturated rings. The van der Waals surface area contributed by atoms with Gasteiger partial charge in [-0.1, -0.05) is 48.3 Å². The fourth-order valence-electron chi connectivity index (χ4n) is 3.88. The Hall–Kier alpha value is -4.24. The summed E-state index contributed by atoms with van der Waals surface area (Å²) in [6.45, 7) is 7.63. The molecule has 184 valence electrons. The zero-order chi connectivity index (χ0) is 25.8. The topological polar surface area (TPSA) is 107 Å². The van der Waals surface area contributed by atoms with Crippen molar-refractivity contribution in [2.45, 2.75) is 19.9 Å². The molecule has 1 aliphatic rings. The smallest absolute Gasteiger partial charge is 0.338 e. The molecule has 1 aliphatic heterocycles. The molecule has 3 aromatic rings. The molecule has 1 N–H and O–H groups in total. The second kappa shape index (κ2) is 10.6. The van der Waals surface area contributed by atoms with Crippen LogP contribution in [0.2, 0.25) is 0 Å². The summed E-state index contributed by atoms with van der Waals surface area (Å²) in [5, 5.41) is 9.12. The summed E-state index contributed by atoms with van der Waals surface area (Å²) in [4.78, 5) is 42.7. The highest BCUT2D eigenvalue weighted by molar-refractivity contribution is 7.07. The van der Waals surface area contributed by atoms with Gasteiger partial charge in [-0.2, -0.15) is 0 Å². The molecule has 0 radical (unpaired) electrons. The van der Waals surface area contributed by atoms with E-state index in [-0.39, 0.29) is 17.7 Å². The number of esters is 1. The average molecular weight is 505 g/mol. The molecule has 1 unspecified atom stereocenters. The third-order valence-electron chi connectivity index (χ3n) is 5.54. The first-order valence-electron chi connectivity index (χ1n) is 11.2. The van der Waals surface area contributed by atoms with Gasteiger partial charge in [0, 0.05) is 0 Å². The van der Waals surface area contributed by atoms with Gasteiger partial charge in [-0.05, 0) is 55.3 Å². The van der Waals surface area contributed by atoms with Crippen molar-refractivity contribution in [1.82, 2.24) is 4.57 Å². The van der Waals surface area contributed by atoms with Crippen molar-refractivity contribution in [3.63, 3.8) is 0 Å². The molecule has 2 aromatic carbocycles. The molecule has 4 rings (SSSR count). The van der Waals surface area contributed by atoms with Crippen LogP contribution < -0.4 is 19.6 Å². The van der Waals surface area contributed by atoms with E-state index in [1.165, 1.54) is 28.0 Å². The minimum atomic E-state index is -1.02. The summed E-state index contributed by atoms with van der Waals surface area (Å²) >= 11 is 1.20. The van der Waals surface area contributed by atoms with Gasteiger partial charge in [0.2, 0.25) is 0 Å². The fourth-order valence-corrected chi connectivity index (χ4v) is 4.93. The number of thiazole rings is 1. The maximum atomic E-state index is 13.6. The lowest BCUT2D eigenvalue weighted by atomic mass is 9.96. The molecule has 0 amide bonds. The van der Waals surface area contributed by atoms with Crippen LogP contribution in [0.3, 0.4) is 0 Å². The molecular formula is C27H24N2O6S. The normalized spacial score (nSPS) is 15.2. The molecule has 1 atom stereocenters. The number of aromatic carboxylic acids is 1. The van der Waals surface area contributed by atoms with Gasteiger partial charge in [0.1, 0.15) is 12.4 Å². The molecule has 9 heteroatoms. The molecule has 1 aromatic heterocycles. The summed E-state index contributed by atoms with van der Waals surface area (Å²) < 4.78 is 12.8. The Labute approximate surface area is 210 Å². The Bertz CT molecular complexity index is 1530. The van der Waals surface area contributed by atoms with Crippen LogP contribution in [0.15, 0.2) is 82.2 Å². The molecule has 0 saturated carbocycles. The van der Waals surface area contributed by atoms with Crippen LogP contribution in [0.4, 0.5) is 0 Å². The third-order valence-corrected chi connectivity index (χ3v) is 6.52. The number of aromatic nitrogens is 1. The predicted octanol–water partition coefficient (Wildman–Crippen LogP) is 3.06. The van der Waals surface area contributed by atoms with Gasteiger partial charge in [0.15, 0.2) is 4.80 Å². The number of hydrogen-bond donors (Lipinski definition) is 1. The van der Waals surface area contributed by atoms with Crippen LogP contribution in [-0.4, -0.2) is 34.8 Å². The Morgan fingerprint density at radius 3 is 2.47 bits per heavy atom. The zero-order valence-corrected chi connectivity index (χ0v) is 20.6. The number of nitrogens with zero attached hydrogens (tertiary/aromatic N) is 2. The first-order chi connectivity index (χ1) is 17.3. The first kappa shape index (κ1) is 24.9. The highest BCUT2D eigenvalue weighted by Crippen LogP contribution is 2.31. The monoisotopic (exact) mass is 504 g/mol. The number of carboxylic acids is 1. The van der Waals surface area contributed by atoms with Gasteiger partial charge >= 0.3 is 11.9 Å². The van der Waals surface area contributed by atoms with Crippen LogP contribution in [0, 0.1) is 0 Å². The number of allylic oxidation sites excluding steroid dienone is 1. The Morgan fingerprint density at radius 2 is 1.86 bits per heavy atom. The van der Waals surface area contributed by atoms with E-state index in [2.05, 4.69) is 11.6 Å². The van der Waals surface area contributed by atoms with Gasteiger partial charge < -0.3 is 14.6 Å². The first-order valence-corrected chi connectivity index (χ1v) is 12.0. The number of hydrogen-bond acceptors (Lipinski definition) is 7. The maximum absolute atomic E-state index is 13.6. The molecule has 0 spiro atoms. The molecule has 0 saturated heterocycles. The quantitative estimate of drug-likeness (QED) is 0.373. The van der Waals surface area contributed by atoms with E-state index < -0.39 is 18.0 Å². The van der Waals surface area contributed by atoms with Crippen LogP contribution in [0.25, 0.3) is 6.08 Å². The molecule has 8 nitrogen and oxygen atoms in total. The number of fused-ring (bicyclic) bond motifs is 1. The van der Waals surface area contributed by atoms with E-state index in [0.717, 1.165) is 0 Å². The number of benzene rings is 2. The lowest BCUT2D eigenvalue weighted by Gasteiger charge is -2.24. The van der Waals surface area contributed by atoms with Gasteiger partial charge in [-0.25, -0.2) is 14.6 Å². The van der Waals surface area contributed by atoms with Gasteiger partial charge in [0.25, 0.3) is 5.56 Å². The highest BCUT2D eigenvalue weighted by Gasteiger charge is 2.33. The van der Waals surface area contributed by atoms with Crippen LogP contribution in [0.1, 0.15) is 41.4 Å². The van der Waals surface area contributed by atoms with Crippen molar-refractivity contribution in [2.24, 2.45) is 4.99 Å². The van der Waals surface area contributed by atoms with E-state index >= 15 is 0 Å². The number of ether oxygens (including phenoxy) is 2. The Kier molecular flexibility index (Phi) is 7.30. The molecule has 0 aliphatic carbocycles. The molecule has 36 heavy (non-hydrogen) atoms. The molecular weight excluding hydrogens is 480 g/mol. The van der Waals surface area contributed by atoms with Gasteiger partial charge in [-0.15, -0.1) is 0 Å². The Morgan fingerprint density at radius 1 is 1.17 bits per heavy atom. The average Bonchev–Trinajstić information content (AvgIpc) is 3.16. The lowest BCUT2D eigenvalue weighted by Crippen LogP contribution is -2.39. The summed E-state index contributed by atoms with van der Waals surface area (Å²) in [7, 11) is 0. The second-order valence-electron chi connectivity index (χ2n) is 7.90. The van der Waals surface area contributed by atoms with E-state index in [1.807, 2.05) is 12.1 Å². The van der Waals surface area contributed by atoms with E-state index in [9.17, 15) is 14.4 Å².